The van der Waals surface area contributed by atoms with Crippen molar-refractivity contribution >= 4 is 6.03 Å². The highest BCUT2D eigenvalue weighted by molar-refractivity contribution is 5.72. The minimum absolute atomic E-state index is 0.417. The zero-order valence-electron chi connectivity index (χ0n) is 5.68. The molecule has 0 unspecified atom stereocenters. The van der Waals surface area contributed by atoms with Crippen molar-refractivity contribution in [2.24, 2.45) is 0 Å². The van der Waals surface area contributed by atoms with Gasteiger partial charge in [0.15, 0.2) is 0 Å². The quantitative estimate of drug-likeness (QED) is 0.559. The largest absolute Gasteiger partial charge is 0.363 e. The molecule has 4 nitrogen and oxygen atoms in total. The van der Waals surface area contributed by atoms with Crippen LogP contribution in [0.15, 0.2) is 0 Å². The van der Waals surface area contributed by atoms with Gasteiger partial charge >= 0.3 is 6.03 Å². The molecule has 0 aromatic heterocycles. The summed E-state index contributed by atoms with van der Waals surface area (Å²) in [4.78, 5) is 14.6. The number of carbonyl (C=O) groups excluding carboxylic acids is 1. The highest BCUT2D eigenvalue weighted by atomic mass is 16.6. The standard InChI is InChI=1S/C5H11N2O2/c1-3-4-6-5(8)7-9-2/h3-4H2,1-2H3,(H,6,8). The molecule has 0 aromatic rings. The first kappa shape index (κ1) is 8.23. The number of carbonyl (C=O) groups is 1. The van der Waals surface area contributed by atoms with E-state index < -0.39 is 6.03 Å². The summed E-state index contributed by atoms with van der Waals surface area (Å²) in [5.41, 5.74) is 3.11. The van der Waals surface area contributed by atoms with Gasteiger partial charge in [-0.2, -0.15) is 0 Å². The third-order valence-corrected chi connectivity index (χ3v) is 0.700. The minimum atomic E-state index is -0.417. The van der Waals surface area contributed by atoms with Crippen LogP contribution >= 0.6 is 0 Å². The molecule has 53 valence electrons. The van der Waals surface area contributed by atoms with Crippen LogP contribution in [-0.4, -0.2) is 19.7 Å². The van der Waals surface area contributed by atoms with Crippen molar-refractivity contribution in [2.45, 2.75) is 13.3 Å². The van der Waals surface area contributed by atoms with Gasteiger partial charge in [0.05, 0.1) is 7.11 Å². The van der Waals surface area contributed by atoms with E-state index in [4.69, 9.17) is 0 Å². The van der Waals surface area contributed by atoms with Crippen LogP contribution in [0.5, 0.6) is 0 Å². The molecule has 1 N–H and O–H groups in total. The Labute approximate surface area is 54.5 Å². The molecule has 0 heterocycles. The van der Waals surface area contributed by atoms with Crippen molar-refractivity contribution in [1.82, 2.24) is 10.8 Å². The fourth-order valence-corrected chi connectivity index (χ4v) is 0.347. The molecule has 0 fully saturated rings. The third-order valence-electron chi connectivity index (χ3n) is 0.700. The Balaban J connectivity index is 3.06. The Morgan fingerprint density at radius 1 is 1.78 bits per heavy atom. The summed E-state index contributed by atoms with van der Waals surface area (Å²) in [6.07, 6.45) is 0.908. The average molecular weight is 131 g/mol. The number of rotatable bonds is 3. The Kier molecular flexibility index (Phi) is 4.91. The highest BCUT2D eigenvalue weighted by Gasteiger charge is 1.96. The lowest BCUT2D eigenvalue weighted by atomic mass is 10.5. The van der Waals surface area contributed by atoms with Gasteiger partial charge in [-0.15, -0.1) is 0 Å². The van der Waals surface area contributed by atoms with Crippen LogP contribution in [0.3, 0.4) is 0 Å². The molecule has 9 heavy (non-hydrogen) atoms. The molecule has 0 aliphatic rings. The van der Waals surface area contributed by atoms with Gasteiger partial charge in [0.25, 0.3) is 0 Å². The van der Waals surface area contributed by atoms with Gasteiger partial charge in [-0.3, -0.25) is 4.84 Å². The van der Waals surface area contributed by atoms with Crippen molar-refractivity contribution < 1.29 is 9.63 Å². The topological polar surface area (TPSA) is 52.4 Å². The molecular formula is C5H11N2O2. The van der Waals surface area contributed by atoms with E-state index in [1.807, 2.05) is 6.92 Å². The molecule has 0 aliphatic carbocycles. The van der Waals surface area contributed by atoms with E-state index in [1.165, 1.54) is 7.11 Å². The first-order valence-electron chi connectivity index (χ1n) is 2.83. The maximum Gasteiger partial charge on any atom is 0.363 e. The van der Waals surface area contributed by atoms with E-state index in [0.717, 1.165) is 6.42 Å². The second-order valence-electron chi connectivity index (χ2n) is 1.51. The minimum Gasteiger partial charge on any atom is -0.335 e. The molecule has 2 amide bonds. The number of nitrogens with zero attached hydrogens (tertiary/aromatic N) is 1. The second kappa shape index (κ2) is 5.37. The molecule has 0 saturated heterocycles. The van der Waals surface area contributed by atoms with Crippen LogP contribution in [-0.2, 0) is 4.84 Å². The summed E-state index contributed by atoms with van der Waals surface area (Å²) in [7, 11) is 1.34. The van der Waals surface area contributed by atoms with Gasteiger partial charge in [0.2, 0.25) is 0 Å². The Bertz CT molecular complexity index is 85.0. The van der Waals surface area contributed by atoms with E-state index in [9.17, 15) is 4.79 Å². The molecular weight excluding hydrogens is 120 g/mol. The summed E-state index contributed by atoms with van der Waals surface area (Å²) >= 11 is 0. The molecule has 0 saturated carbocycles. The van der Waals surface area contributed by atoms with Crippen LogP contribution in [0.25, 0.3) is 0 Å². The van der Waals surface area contributed by atoms with E-state index in [2.05, 4.69) is 15.6 Å². The summed E-state index contributed by atoms with van der Waals surface area (Å²) < 4.78 is 0. The van der Waals surface area contributed by atoms with Crippen LogP contribution in [0.4, 0.5) is 4.79 Å². The summed E-state index contributed by atoms with van der Waals surface area (Å²) in [6, 6.07) is -0.417. The monoisotopic (exact) mass is 131 g/mol. The lowest BCUT2D eigenvalue weighted by molar-refractivity contribution is 0.100. The number of urea groups is 1. The SMILES string of the molecule is CCCNC(=O)[N]OC. The van der Waals surface area contributed by atoms with Gasteiger partial charge in [-0.1, -0.05) is 12.4 Å². The molecule has 4 heteroatoms. The fraction of sp³-hybridized carbons (Fsp3) is 0.800. The van der Waals surface area contributed by atoms with Crippen molar-refractivity contribution in [2.75, 3.05) is 13.7 Å². The Morgan fingerprint density at radius 2 is 2.44 bits per heavy atom. The van der Waals surface area contributed by atoms with Crippen LogP contribution in [0, 0.1) is 0 Å². The fourth-order valence-electron chi connectivity index (χ4n) is 0.347. The van der Waals surface area contributed by atoms with Crippen LogP contribution < -0.4 is 10.8 Å². The number of hydrogen-bond acceptors (Lipinski definition) is 2. The van der Waals surface area contributed by atoms with Crippen molar-refractivity contribution in [3.8, 4) is 0 Å². The number of hydrogen-bond donors (Lipinski definition) is 1. The summed E-state index contributed by atoms with van der Waals surface area (Å²) in [5, 5.41) is 2.50. The first-order valence-corrected chi connectivity index (χ1v) is 2.83. The van der Waals surface area contributed by atoms with Gasteiger partial charge in [0.1, 0.15) is 0 Å². The zero-order valence-corrected chi connectivity index (χ0v) is 5.68. The number of hydroxylamine groups is 1. The van der Waals surface area contributed by atoms with E-state index in [0.29, 0.717) is 6.54 Å². The first-order chi connectivity index (χ1) is 4.31. The van der Waals surface area contributed by atoms with Gasteiger partial charge in [-0.05, 0) is 6.42 Å². The summed E-state index contributed by atoms with van der Waals surface area (Å²) in [6.45, 7) is 2.61. The lowest BCUT2D eigenvalue weighted by Crippen LogP contribution is -2.30. The maximum atomic E-state index is 10.4. The number of amides is 2. The van der Waals surface area contributed by atoms with Gasteiger partial charge in [0, 0.05) is 6.54 Å². The van der Waals surface area contributed by atoms with Gasteiger partial charge in [-0.25, -0.2) is 4.79 Å². The van der Waals surface area contributed by atoms with Crippen molar-refractivity contribution in [3.63, 3.8) is 0 Å². The van der Waals surface area contributed by atoms with Crippen LogP contribution in [0.1, 0.15) is 13.3 Å². The normalized spacial score (nSPS) is 8.67. The molecule has 0 aromatic carbocycles. The summed E-state index contributed by atoms with van der Waals surface area (Å²) in [5.74, 6) is 0. The zero-order chi connectivity index (χ0) is 7.11. The molecule has 1 radical (unpaired) electrons. The van der Waals surface area contributed by atoms with Crippen molar-refractivity contribution in [1.29, 1.82) is 0 Å². The van der Waals surface area contributed by atoms with Gasteiger partial charge < -0.3 is 5.32 Å². The molecule has 0 spiro atoms. The molecule has 0 atom stereocenters. The van der Waals surface area contributed by atoms with Crippen molar-refractivity contribution in [3.05, 3.63) is 0 Å². The lowest BCUT2D eigenvalue weighted by Gasteiger charge is -1.98. The molecule has 0 aliphatic heterocycles. The Hall–Kier alpha value is -0.770. The van der Waals surface area contributed by atoms with E-state index >= 15 is 0 Å². The predicted octanol–water partition coefficient (Wildman–Crippen LogP) is 0.272. The number of nitrogens with one attached hydrogen (secondary N) is 1. The molecule has 0 bridgehead atoms. The Morgan fingerprint density at radius 3 is 2.89 bits per heavy atom. The smallest absolute Gasteiger partial charge is 0.335 e. The van der Waals surface area contributed by atoms with Crippen LogP contribution in [0.2, 0.25) is 0 Å². The second-order valence-corrected chi connectivity index (χ2v) is 1.51. The third kappa shape index (κ3) is 5.10. The average Bonchev–Trinajstić information content (AvgIpc) is 1.85. The van der Waals surface area contributed by atoms with E-state index in [-0.39, 0.29) is 0 Å². The highest BCUT2D eigenvalue weighted by Crippen LogP contribution is 1.71. The predicted molar refractivity (Wildman–Crippen MR) is 32.8 cm³/mol. The van der Waals surface area contributed by atoms with E-state index in [1.54, 1.807) is 0 Å². The molecule has 0 rings (SSSR count). The maximum absolute atomic E-state index is 10.4.